The average Bonchev–Trinajstić information content (AvgIpc) is 2.85. The lowest BCUT2D eigenvalue weighted by Crippen LogP contribution is -2.40. The van der Waals surface area contributed by atoms with E-state index in [0.29, 0.717) is 18.0 Å². The molecular weight excluding hydrogens is 282 g/mol. The minimum absolute atomic E-state index is 0.0575. The normalized spacial score (nSPS) is 24.4. The van der Waals surface area contributed by atoms with Gasteiger partial charge in [0.15, 0.2) is 0 Å². The van der Waals surface area contributed by atoms with E-state index in [4.69, 9.17) is 11.6 Å². The van der Waals surface area contributed by atoms with Gasteiger partial charge in [-0.25, -0.2) is 8.42 Å². The molecule has 1 saturated heterocycles. The first-order valence-corrected chi connectivity index (χ1v) is 8.71. The van der Waals surface area contributed by atoms with Gasteiger partial charge in [0, 0.05) is 18.5 Å². The molecule has 1 atom stereocenters. The molecule has 3 nitrogen and oxygen atoms in total. The van der Waals surface area contributed by atoms with Crippen LogP contribution in [-0.2, 0) is 22.9 Å². The number of hydrogen-bond acceptors (Lipinski definition) is 2. The number of benzene rings is 1. The van der Waals surface area contributed by atoms with Crippen molar-refractivity contribution in [3.05, 3.63) is 29.3 Å². The molecular formula is C14H18ClNO2S. The maximum atomic E-state index is 12.6. The second-order valence-electron chi connectivity index (χ2n) is 5.39. The summed E-state index contributed by atoms with van der Waals surface area (Å²) in [7, 11) is -3.37. The molecule has 1 aliphatic heterocycles. The molecule has 0 aromatic heterocycles. The van der Waals surface area contributed by atoms with Crippen LogP contribution in [0.25, 0.3) is 0 Å². The topological polar surface area (TPSA) is 37.4 Å². The van der Waals surface area contributed by atoms with Crippen molar-refractivity contribution >= 4 is 21.6 Å². The van der Waals surface area contributed by atoms with E-state index in [1.165, 1.54) is 15.4 Å². The number of hydrogen-bond donors (Lipinski definition) is 0. The number of rotatable bonds is 2. The van der Waals surface area contributed by atoms with E-state index in [-0.39, 0.29) is 5.38 Å². The predicted molar refractivity (Wildman–Crippen MR) is 76.1 cm³/mol. The Bertz CT molecular complexity index is 585. The van der Waals surface area contributed by atoms with Crippen molar-refractivity contribution in [2.45, 2.75) is 42.4 Å². The van der Waals surface area contributed by atoms with E-state index in [2.05, 4.69) is 0 Å². The first-order valence-electron chi connectivity index (χ1n) is 6.83. The molecule has 2 aliphatic rings. The highest BCUT2D eigenvalue weighted by Gasteiger charge is 2.30. The fourth-order valence-corrected chi connectivity index (χ4v) is 4.95. The molecule has 1 aliphatic carbocycles. The molecule has 0 spiro atoms. The average molecular weight is 300 g/mol. The molecule has 1 unspecified atom stereocenters. The molecule has 0 saturated carbocycles. The van der Waals surface area contributed by atoms with Crippen molar-refractivity contribution in [2.75, 3.05) is 13.1 Å². The third-order valence-electron chi connectivity index (χ3n) is 4.03. The molecule has 0 radical (unpaired) electrons. The van der Waals surface area contributed by atoms with E-state index in [9.17, 15) is 8.42 Å². The van der Waals surface area contributed by atoms with E-state index >= 15 is 0 Å². The summed E-state index contributed by atoms with van der Waals surface area (Å²) in [5, 5.41) is -0.0575. The number of nitrogens with zero attached hydrogens (tertiary/aromatic N) is 1. The minimum Gasteiger partial charge on any atom is -0.207 e. The highest BCUT2D eigenvalue weighted by molar-refractivity contribution is 7.89. The molecule has 1 heterocycles. The van der Waals surface area contributed by atoms with Crippen molar-refractivity contribution in [3.63, 3.8) is 0 Å². The molecule has 1 aromatic carbocycles. The Hall–Kier alpha value is -0.580. The van der Waals surface area contributed by atoms with Gasteiger partial charge in [0.1, 0.15) is 0 Å². The molecule has 1 aromatic rings. The zero-order valence-electron chi connectivity index (χ0n) is 10.8. The summed E-state index contributed by atoms with van der Waals surface area (Å²) in [6.07, 6.45) is 4.95. The van der Waals surface area contributed by atoms with Crippen molar-refractivity contribution < 1.29 is 8.42 Å². The van der Waals surface area contributed by atoms with Crippen molar-refractivity contribution in [1.29, 1.82) is 0 Å². The van der Waals surface area contributed by atoms with Crippen molar-refractivity contribution in [3.8, 4) is 0 Å². The Morgan fingerprint density at radius 1 is 1.16 bits per heavy atom. The van der Waals surface area contributed by atoms with Crippen LogP contribution in [-0.4, -0.2) is 31.2 Å². The largest absolute Gasteiger partial charge is 0.243 e. The van der Waals surface area contributed by atoms with Gasteiger partial charge in [0.25, 0.3) is 0 Å². The molecule has 0 bridgehead atoms. The number of aryl methyl sites for hydroxylation is 2. The summed E-state index contributed by atoms with van der Waals surface area (Å²) in [4.78, 5) is 0.430. The monoisotopic (exact) mass is 299 g/mol. The molecule has 0 amide bonds. The van der Waals surface area contributed by atoms with Gasteiger partial charge in [0.2, 0.25) is 10.0 Å². The number of alkyl halides is 1. The Morgan fingerprint density at radius 3 is 2.74 bits per heavy atom. The van der Waals surface area contributed by atoms with Gasteiger partial charge in [0.05, 0.1) is 4.90 Å². The first-order chi connectivity index (χ1) is 9.07. The van der Waals surface area contributed by atoms with E-state index < -0.39 is 10.0 Å². The smallest absolute Gasteiger partial charge is 0.207 e. The van der Waals surface area contributed by atoms with Gasteiger partial charge in [-0.2, -0.15) is 4.31 Å². The number of sulfonamides is 1. The second-order valence-corrected chi connectivity index (χ2v) is 7.94. The van der Waals surface area contributed by atoms with E-state index in [1.807, 2.05) is 12.1 Å². The third-order valence-corrected chi connectivity index (χ3v) is 6.25. The van der Waals surface area contributed by atoms with Gasteiger partial charge in [-0.1, -0.05) is 6.07 Å². The van der Waals surface area contributed by atoms with Gasteiger partial charge in [-0.15, -0.1) is 11.6 Å². The summed E-state index contributed by atoms with van der Waals surface area (Å²) in [6.45, 7) is 1.02. The zero-order valence-corrected chi connectivity index (χ0v) is 12.4. The summed E-state index contributed by atoms with van der Waals surface area (Å²) < 4.78 is 26.7. The quantitative estimate of drug-likeness (QED) is 0.787. The highest BCUT2D eigenvalue weighted by Crippen LogP contribution is 2.28. The summed E-state index contributed by atoms with van der Waals surface area (Å²) in [6, 6.07) is 5.57. The van der Waals surface area contributed by atoms with Crippen LogP contribution in [0.4, 0.5) is 0 Å². The molecule has 1 fully saturated rings. The van der Waals surface area contributed by atoms with Crippen LogP contribution in [0.5, 0.6) is 0 Å². The fraction of sp³-hybridized carbons (Fsp3) is 0.571. The predicted octanol–water partition coefficient (Wildman–Crippen LogP) is 2.57. The lowest BCUT2D eigenvalue weighted by Gasteiger charge is -2.29. The SMILES string of the molecule is O=S(=O)(c1ccc2c(c1)CCC2)N1CCCC(Cl)C1. The van der Waals surface area contributed by atoms with Gasteiger partial charge >= 0.3 is 0 Å². The number of fused-ring (bicyclic) bond motifs is 1. The van der Waals surface area contributed by atoms with Crippen LogP contribution in [0.2, 0.25) is 0 Å². The molecule has 104 valence electrons. The van der Waals surface area contributed by atoms with Crippen molar-refractivity contribution in [1.82, 2.24) is 4.31 Å². The van der Waals surface area contributed by atoms with Crippen LogP contribution in [0.15, 0.2) is 23.1 Å². The number of halogens is 1. The van der Waals surface area contributed by atoms with Gasteiger partial charge in [-0.3, -0.25) is 0 Å². The molecule has 19 heavy (non-hydrogen) atoms. The Kier molecular flexibility index (Phi) is 3.58. The van der Waals surface area contributed by atoms with Crippen LogP contribution in [0.1, 0.15) is 30.4 Å². The third kappa shape index (κ3) is 2.54. The Labute approximate surface area is 119 Å². The molecule has 0 N–H and O–H groups in total. The maximum Gasteiger partial charge on any atom is 0.243 e. The van der Waals surface area contributed by atoms with E-state index in [0.717, 1.165) is 32.1 Å². The maximum absolute atomic E-state index is 12.6. The molecule has 5 heteroatoms. The lowest BCUT2D eigenvalue weighted by atomic mass is 10.1. The minimum atomic E-state index is -3.37. The van der Waals surface area contributed by atoms with E-state index in [1.54, 1.807) is 6.07 Å². The second kappa shape index (κ2) is 5.08. The summed E-state index contributed by atoms with van der Waals surface area (Å²) in [5.74, 6) is 0. The summed E-state index contributed by atoms with van der Waals surface area (Å²) >= 11 is 6.09. The Balaban J connectivity index is 1.91. The first kappa shape index (κ1) is 13.4. The van der Waals surface area contributed by atoms with Crippen LogP contribution >= 0.6 is 11.6 Å². The fourth-order valence-electron chi connectivity index (χ4n) is 2.97. The van der Waals surface area contributed by atoms with Gasteiger partial charge < -0.3 is 0 Å². The standard InChI is InChI=1S/C14H18ClNO2S/c15-13-5-2-8-16(10-13)19(17,18)14-7-6-11-3-1-4-12(11)9-14/h6-7,9,13H,1-5,8,10H2. The highest BCUT2D eigenvalue weighted by atomic mass is 35.5. The molecule has 3 rings (SSSR count). The van der Waals surface area contributed by atoms with Crippen LogP contribution in [0.3, 0.4) is 0 Å². The lowest BCUT2D eigenvalue weighted by molar-refractivity contribution is 0.350. The zero-order chi connectivity index (χ0) is 13.5. The van der Waals surface area contributed by atoms with Crippen LogP contribution in [0, 0.1) is 0 Å². The number of piperidine rings is 1. The van der Waals surface area contributed by atoms with Crippen molar-refractivity contribution in [2.24, 2.45) is 0 Å². The summed E-state index contributed by atoms with van der Waals surface area (Å²) in [5.41, 5.74) is 2.49. The van der Waals surface area contributed by atoms with Crippen LogP contribution < -0.4 is 0 Å². The van der Waals surface area contributed by atoms with Gasteiger partial charge in [-0.05, 0) is 55.4 Å². The Morgan fingerprint density at radius 2 is 1.95 bits per heavy atom.